The van der Waals surface area contributed by atoms with Gasteiger partial charge in [0.15, 0.2) is 11.4 Å². The highest BCUT2D eigenvalue weighted by atomic mass is 16.3. The van der Waals surface area contributed by atoms with E-state index in [0.717, 1.165) is 42.1 Å². The minimum atomic E-state index is -0.0661. The van der Waals surface area contributed by atoms with Crippen molar-refractivity contribution in [1.29, 1.82) is 0 Å². The lowest BCUT2D eigenvalue weighted by atomic mass is 10.1. The van der Waals surface area contributed by atoms with Gasteiger partial charge in [0.1, 0.15) is 11.6 Å². The van der Waals surface area contributed by atoms with Crippen molar-refractivity contribution < 1.29 is 9.21 Å². The number of aryl methyl sites for hydroxylation is 1. The zero-order valence-electron chi connectivity index (χ0n) is 15.8. The molecule has 0 spiro atoms. The molecule has 1 unspecified atom stereocenters. The number of rotatable bonds is 4. The molecule has 0 aromatic carbocycles. The molecular formula is C19H24N6O2. The molecule has 142 valence electrons. The van der Waals surface area contributed by atoms with Crippen LogP contribution in [0.15, 0.2) is 29.0 Å². The van der Waals surface area contributed by atoms with E-state index in [-0.39, 0.29) is 17.9 Å². The van der Waals surface area contributed by atoms with Gasteiger partial charge in [0.05, 0.1) is 17.8 Å². The van der Waals surface area contributed by atoms with Gasteiger partial charge in [0.2, 0.25) is 0 Å². The van der Waals surface area contributed by atoms with Crippen molar-refractivity contribution in [3.63, 3.8) is 0 Å². The summed E-state index contributed by atoms with van der Waals surface area (Å²) in [5.41, 5.74) is 0.815. The van der Waals surface area contributed by atoms with Crippen molar-refractivity contribution in [2.24, 2.45) is 7.05 Å². The van der Waals surface area contributed by atoms with Crippen LogP contribution >= 0.6 is 0 Å². The number of carbonyl (C=O) groups excluding carboxylic acids is 1. The van der Waals surface area contributed by atoms with Gasteiger partial charge in [-0.15, -0.1) is 0 Å². The maximum Gasteiger partial charge on any atom is 0.289 e. The highest BCUT2D eigenvalue weighted by Gasteiger charge is 2.27. The smallest absolute Gasteiger partial charge is 0.289 e. The van der Waals surface area contributed by atoms with Crippen molar-refractivity contribution in [2.75, 3.05) is 18.4 Å². The Morgan fingerprint density at radius 1 is 1.37 bits per heavy atom. The van der Waals surface area contributed by atoms with Gasteiger partial charge in [-0.2, -0.15) is 5.10 Å². The standard InChI is InChI=1S/C19H24N6O2/c1-12(2)16-22-17(14-10-20-24(3)18(14)23-16)21-13-6-4-8-25(11-13)19(26)15-7-5-9-27-15/h5,7,9-10,12-13H,4,6,8,11H2,1-3H3,(H,21,22,23). The molecule has 3 aromatic heterocycles. The van der Waals surface area contributed by atoms with E-state index in [0.29, 0.717) is 12.3 Å². The van der Waals surface area contributed by atoms with E-state index in [2.05, 4.69) is 29.2 Å². The minimum absolute atomic E-state index is 0.0661. The van der Waals surface area contributed by atoms with Gasteiger partial charge in [-0.3, -0.25) is 9.48 Å². The third-order valence-corrected chi connectivity index (χ3v) is 4.91. The highest BCUT2D eigenvalue weighted by molar-refractivity contribution is 5.91. The van der Waals surface area contributed by atoms with Gasteiger partial charge in [0, 0.05) is 32.1 Å². The number of likely N-dealkylation sites (tertiary alicyclic amines) is 1. The summed E-state index contributed by atoms with van der Waals surface area (Å²) < 4.78 is 7.03. The van der Waals surface area contributed by atoms with Crippen molar-refractivity contribution in [3.8, 4) is 0 Å². The Kier molecular flexibility index (Phi) is 4.55. The summed E-state index contributed by atoms with van der Waals surface area (Å²) in [6.07, 6.45) is 5.23. The molecule has 1 amide bonds. The lowest BCUT2D eigenvalue weighted by Crippen LogP contribution is -2.45. The van der Waals surface area contributed by atoms with Gasteiger partial charge in [-0.25, -0.2) is 9.97 Å². The number of aromatic nitrogens is 4. The van der Waals surface area contributed by atoms with Crippen LogP contribution in [0.1, 0.15) is 49.0 Å². The molecule has 0 radical (unpaired) electrons. The molecular weight excluding hydrogens is 344 g/mol. The maximum absolute atomic E-state index is 12.6. The van der Waals surface area contributed by atoms with Crippen LogP contribution in [0.5, 0.6) is 0 Å². The van der Waals surface area contributed by atoms with E-state index in [4.69, 9.17) is 9.40 Å². The van der Waals surface area contributed by atoms with Gasteiger partial charge < -0.3 is 14.6 Å². The quantitative estimate of drug-likeness (QED) is 0.762. The van der Waals surface area contributed by atoms with E-state index < -0.39 is 0 Å². The number of fused-ring (bicyclic) bond motifs is 1. The predicted molar refractivity (Wildman–Crippen MR) is 102 cm³/mol. The second-order valence-electron chi connectivity index (χ2n) is 7.30. The average molecular weight is 368 g/mol. The Morgan fingerprint density at radius 3 is 2.96 bits per heavy atom. The molecule has 1 fully saturated rings. The first-order valence-corrected chi connectivity index (χ1v) is 9.32. The molecule has 1 aliphatic rings. The van der Waals surface area contributed by atoms with E-state index in [1.165, 1.54) is 6.26 Å². The maximum atomic E-state index is 12.6. The fraction of sp³-hybridized carbons (Fsp3) is 0.474. The Hall–Kier alpha value is -2.90. The van der Waals surface area contributed by atoms with Crippen LogP contribution in [0.2, 0.25) is 0 Å². The molecule has 0 aliphatic carbocycles. The van der Waals surface area contributed by atoms with Crippen molar-refractivity contribution in [2.45, 2.75) is 38.6 Å². The Bertz CT molecular complexity index is 947. The number of amides is 1. The molecule has 27 heavy (non-hydrogen) atoms. The van der Waals surface area contributed by atoms with Gasteiger partial charge in [0.25, 0.3) is 5.91 Å². The molecule has 0 saturated carbocycles. The number of piperidine rings is 1. The van der Waals surface area contributed by atoms with E-state index in [1.54, 1.807) is 23.0 Å². The second kappa shape index (κ2) is 7.02. The first-order valence-electron chi connectivity index (χ1n) is 9.32. The third-order valence-electron chi connectivity index (χ3n) is 4.91. The third kappa shape index (κ3) is 3.39. The summed E-state index contributed by atoms with van der Waals surface area (Å²) in [6.45, 7) is 5.50. The summed E-state index contributed by atoms with van der Waals surface area (Å²) in [6, 6.07) is 3.56. The van der Waals surface area contributed by atoms with Crippen LogP contribution in [0.3, 0.4) is 0 Å². The van der Waals surface area contributed by atoms with E-state index >= 15 is 0 Å². The van der Waals surface area contributed by atoms with Crippen molar-refractivity contribution in [3.05, 3.63) is 36.2 Å². The normalized spacial score (nSPS) is 17.6. The van der Waals surface area contributed by atoms with Crippen LogP contribution in [-0.4, -0.2) is 49.7 Å². The number of anilines is 1. The zero-order chi connectivity index (χ0) is 19.0. The first-order chi connectivity index (χ1) is 13.0. The monoisotopic (exact) mass is 368 g/mol. The number of nitrogens with zero attached hydrogens (tertiary/aromatic N) is 5. The molecule has 1 atom stereocenters. The Morgan fingerprint density at radius 2 is 2.22 bits per heavy atom. The zero-order valence-corrected chi connectivity index (χ0v) is 15.8. The van der Waals surface area contributed by atoms with E-state index in [1.807, 2.05) is 11.9 Å². The molecule has 1 aliphatic heterocycles. The fourth-order valence-electron chi connectivity index (χ4n) is 3.44. The summed E-state index contributed by atoms with van der Waals surface area (Å²) in [5.74, 6) is 2.10. The van der Waals surface area contributed by atoms with Gasteiger partial charge >= 0.3 is 0 Å². The molecule has 1 N–H and O–H groups in total. The van der Waals surface area contributed by atoms with Crippen molar-refractivity contribution >= 4 is 22.8 Å². The topological polar surface area (TPSA) is 89.1 Å². The second-order valence-corrected chi connectivity index (χ2v) is 7.30. The van der Waals surface area contributed by atoms with E-state index in [9.17, 15) is 4.79 Å². The summed E-state index contributed by atoms with van der Waals surface area (Å²) >= 11 is 0. The van der Waals surface area contributed by atoms with Crippen LogP contribution in [0.4, 0.5) is 5.82 Å². The van der Waals surface area contributed by atoms with Crippen molar-refractivity contribution in [1.82, 2.24) is 24.6 Å². The largest absolute Gasteiger partial charge is 0.459 e. The SMILES string of the molecule is CC(C)c1nc(NC2CCCN(C(=O)c3ccco3)C2)c2cnn(C)c2n1. The lowest BCUT2D eigenvalue weighted by Gasteiger charge is -2.33. The average Bonchev–Trinajstić information content (AvgIpc) is 3.32. The van der Waals surface area contributed by atoms with Crippen LogP contribution in [0.25, 0.3) is 11.0 Å². The lowest BCUT2D eigenvalue weighted by molar-refractivity contribution is 0.0682. The number of carbonyl (C=O) groups is 1. The highest BCUT2D eigenvalue weighted by Crippen LogP contribution is 2.25. The molecule has 4 rings (SSSR count). The Labute approximate surface area is 157 Å². The first kappa shape index (κ1) is 17.5. The molecule has 3 aromatic rings. The van der Waals surface area contributed by atoms with Crippen LogP contribution < -0.4 is 5.32 Å². The molecule has 1 saturated heterocycles. The molecule has 0 bridgehead atoms. The summed E-state index contributed by atoms with van der Waals surface area (Å²) in [7, 11) is 1.88. The minimum Gasteiger partial charge on any atom is -0.459 e. The van der Waals surface area contributed by atoms with Gasteiger partial charge in [-0.1, -0.05) is 13.8 Å². The Balaban J connectivity index is 1.57. The number of furan rings is 1. The van der Waals surface area contributed by atoms with Gasteiger partial charge in [-0.05, 0) is 25.0 Å². The molecule has 8 nitrogen and oxygen atoms in total. The fourth-order valence-corrected chi connectivity index (χ4v) is 3.44. The number of hydrogen-bond donors (Lipinski definition) is 1. The summed E-state index contributed by atoms with van der Waals surface area (Å²) in [4.78, 5) is 23.8. The predicted octanol–water partition coefficient (Wildman–Crippen LogP) is 2.80. The number of nitrogens with one attached hydrogen (secondary N) is 1. The van der Waals surface area contributed by atoms with Crippen LogP contribution in [-0.2, 0) is 7.05 Å². The summed E-state index contributed by atoms with van der Waals surface area (Å²) in [5, 5.41) is 8.76. The molecule has 8 heteroatoms. The number of hydrogen-bond acceptors (Lipinski definition) is 6. The molecule has 4 heterocycles. The van der Waals surface area contributed by atoms with Crippen LogP contribution in [0, 0.1) is 0 Å².